The second-order valence-electron chi connectivity index (χ2n) is 7.37. The number of carbonyl (C=O) groups is 1. The van der Waals surface area contributed by atoms with E-state index in [0.717, 1.165) is 42.5 Å². The molecular formula is C28H18BrNOS. The lowest BCUT2D eigenvalue weighted by Crippen LogP contribution is -1.86. The Labute approximate surface area is 198 Å². The minimum atomic E-state index is -0.0553. The molecule has 0 radical (unpaired) electrons. The van der Waals surface area contributed by atoms with E-state index in [1.54, 1.807) is 23.5 Å². The zero-order valence-corrected chi connectivity index (χ0v) is 19.4. The summed E-state index contributed by atoms with van der Waals surface area (Å²) in [5.74, 6) is -0.0553. The van der Waals surface area contributed by atoms with Crippen molar-refractivity contribution in [3.63, 3.8) is 0 Å². The number of allylic oxidation sites excluding steroid dienone is 2. The number of carbonyl (C=O) groups excluding carboxylic acids is 1. The number of thiazole rings is 1. The van der Waals surface area contributed by atoms with Crippen LogP contribution in [0.1, 0.15) is 11.1 Å². The van der Waals surface area contributed by atoms with Gasteiger partial charge in [0.1, 0.15) is 5.01 Å². The molecule has 0 saturated carbocycles. The first-order chi connectivity index (χ1) is 15.7. The Kier molecular flexibility index (Phi) is 5.80. The van der Waals surface area contributed by atoms with E-state index in [-0.39, 0.29) is 5.78 Å². The predicted octanol–water partition coefficient (Wildman–Crippen LogP) is 8.17. The van der Waals surface area contributed by atoms with Gasteiger partial charge in [0, 0.05) is 10.0 Å². The summed E-state index contributed by atoms with van der Waals surface area (Å²) in [6, 6.07) is 28.5. The van der Waals surface area contributed by atoms with E-state index < -0.39 is 0 Å². The number of aromatic nitrogens is 1. The Hall–Kier alpha value is -3.34. The van der Waals surface area contributed by atoms with E-state index in [9.17, 15) is 4.79 Å². The van der Waals surface area contributed by atoms with E-state index in [4.69, 9.17) is 4.98 Å². The minimum absolute atomic E-state index is 0.0553. The largest absolute Gasteiger partial charge is 0.290 e. The maximum atomic E-state index is 12.4. The molecule has 4 aromatic carbocycles. The zero-order chi connectivity index (χ0) is 21.9. The van der Waals surface area contributed by atoms with Crippen molar-refractivity contribution in [2.75, 3.05) is 0 Å². The van der Waals surface area contributed by atoms with Crippen molar-refractivity contribution >= 4 is 66.2 Å². The van der Waals surface area contributed by atoms with Gasteiger partial charge in [0.05, 0.1) is 10.2 Å². The third kappa shape index (κ3) is 4.33. The van der Waals surface area contributed by atoms with Gasteiger partial charge in [-0.1, -0.05) is 78.9 Å². The van der Waals surface area contributed by atoms with Crippen molar-refractivity contribution in [2.24, 2.45) is 0 Å². The van der Waals surface area contributed by atoms with Gasteiger partial charge < -0.3 is 0 Å². The van der Waals surface area contributed by atoms with Crippen LogP contribution in [-0.4, -0.2) is 10.8 Å². The van der Waals surface area contributed by atoms with Gasteiger partial charge >= 0.3 is 0 Å². The Morgan fingerprint density at radius 2 is 1.56 bits per heavy atom. The van der Waals surface area contributed by atoms with Gasteiger partial charge in [-0.2, -0.15) is 0 Å². The number of hydrogen-bond donors (Lipinski definition) is 0. The van der Waals surface area contributed by atoms with Crippen LogP contribution in [0.2, 0.25) is 0 Å². The molecule has 1 aromatic heterocycles. The normalized spacial score (nSPS) is 11.8. The molecule has 0 aliphatic rings. The summed E-state index contributed by atoms with van der Waals surface area (Å²) in [6.07, 6.45) is 6.88. The molecule has 4 heteroatoms. The Balaban J connectivity index is 1.29. The quantitative estimate of drug-likeness (QED) is 0.230. The zero-order valence-electron chi connectivity index (χ0n) is 17.0. The fourth-order valence-corrected chi connectivity index (χ4v) is 5.11. The van der Waals surface area contributed by atoms with Crippen LogP contribution in [0.15, 0.2) is 102 Å². The highest BCUT2D eigenvalue weighted by Crippen LogP contribution is 2.30. The SMILES string of the molecule is O=C(C=Cc1ccc(-c2nc3ccccc3s2)cc1)C=Cc1ccc2ccccc2c1Br. The van der Waals surface area contributed by atoms with Gasteiger partial charge in [0.15, 0.2) is 5.78 Å². The van der Waals surface area contributed by atoms with Crippen molar-refractivity contribution in [3.8, 4) is 10.6 Å². The molecule has 0 aliphatic heterocycles. The van der Waals surface area contributed by atoms with E-state index >= 15 is 0 Å². The summed E-state index contributed by atoms with van der Waals surface area (Å²) in [5, 5.41) is 3.30. The molecule has 0 fully saturated rings. The summed E-state index contributed by atoms with van der Waals surface area (Å²) in [4.78, 5) is 17.1. The molecule has 0 atom stereocenters. The topological polar surface area (TPSA) is 30.0 Å². The maximum Gasteiger partial charge on any atom is 0.178 e. The first-order valence-electron chi connectivity index (χ1n) is 10.2. The van der Waals surface area contributed by atoms with E-state index in [1.807, 2.05) is 72.8 Å². The van der Waals surface area contributed by atoms with Gasteiger partial charge in [0.2, 0.25) is 0 Å². The van der Waals surface area contributed by atoms with Gasteiger partial charge in [0.25, 0.3) is 0 Å². The summed E-state index contributed by atoms with van der Waals surface area (Å²) in [5.41, 5.74) is 4.05. The summed E-state index contributed by atoms with van der Waals surface area (Å²) < 4.78 is 2.18. The number of nitrogens with zero attached hydrogens (tertiary/aromatic N) is 1. The molecule has 154 valence electrons. The van der Waals surface area contributed by atoms with Crippen molar-refractivity contribution in [3.05, 3.63) is 113 Å². The number of fused-ring (bicyclic) bond motifs is 2. The Morgan fingerprint density at radius 3 is 2.41 bits per heavy atom. The second kappa shape index (κ2) is 9.03. The van der Waals surface area contributed by atoms with Crippen LogP contribution in [0.5, 0.6) is 0 Å². The number of halogens is 1. The van der Waals surface area contributed by atoms with Gasteiger partial charge in [-0.15, -0.1) is 11.3 Å². The third-order valence-electron chi connectivity index (χ3n) is 5.21. The highest BCUT2D eigenvalue weighted by atomic mass is 79.9. The van der Waals surface area contributed by atoms with E-state index in [0.29, 0.717) is 0 Å². The molecule has 0 amide bonds. The van der Waals surface area contributed by atoms with Crippen LogP contribution in [0, 0.1) is 0 Å². The third-order valence-corrected chi connectivity index (χ3v) is 7.18. The lowest BCUT2D eigenvalue weighted by molar-refractivity contribution is -0.110. The van der Waals surface area contributed by atoms with Crippen molar-refractivity contribution < 1.29 is 4.79 Å². The fourth-order valence-electron chi connectivity index (χ4n) is 3.52. The lowest BCUT2D eigenvalue weighted by atomic mass is 10.1. The predicted molar refractivity (Wildman–Crippen MR) is 140 cm³/mol. The van der Waals surface area contributed by atoms with Crippen LogP contribution < -0.4 is 0 Å². The van der Waals surface area contributed by atoms with Crippen molar-refractivity contribution in [1.29, 1.82) is 0 Å². The average molecular weight is 496 g/mol. The number of hydrogen-bond acceptors (Lipinski definition) is 3. The summed E-state index contributed by atoms with van der Waals surface area (Å²) in [7, 11) is 0. The van der Waals surface area contributed by atoms with Crippen molar-refractivity contribution in [1.82, 2.24) is 4.98 Å². The number of benzene rings is 4. The van der Waals surface area contributed by atoms with Crippen LogP contribution in [0.4, 0.5) is 0 Å². The van der Waals surface area contributed by atoms with Crippen LogP contribution in [0.25, 0.3) is 43.7 Å². The van der Waals surface area contributed by atoms with Crippen LogP contribution >= 0.6 is 27.3 Å². The molecule has 0 N–H and O–H groups in total. The van der Waals surface area contributed by atoms with E-state index in [1.165, 1.54) is 4.70 Å². The van der Waals surface area contributed by atoms with Gasteiger partial charge in [-0.25, -0.2) is 4.98 Å². The van der Waals surface area contributed by atoms with Crippen LogP contribution in [-0.2, 0) is 4.79 Å². The molecule has 2 nitrogen and oxygen atoms in total. The first-order valence-corrected chi connectivity index (χ1v) is 11.8. The number of ketones is 1. The summed E-state index contributed by atoms with van der Waals surface area (Å²) in [6.45, 7) is 0. The maximum absolute atomic E-state index is 12.4. The number of rotatable bonds is 5. The number of para-hydroxylation sites is 1. The molecule has 0 spiro atoms. The first kappa shape index (κ1) is 20.6. The van der Waals surface area contributed by atoms with Crippen LogP contribution in [0.3, 0.4) is 0 Å². The van der Waals surface area contributed by atoms with Gasteiger partial charge in [-0.05, 0) is 68.2 Å². The summed E-state index contributed by atoms with van der Waals surface area (Å²) >= 11 is 5.34. The molecule has 1 heterocycles. The Morgan fingerprint density at radius 1 is 0.812 bits per heavy atom. The van der Waals surface area contributed by atoms with E-state index in [2.05, 4.69) is 40.2 Å². The smallest absolute Gasteiger partial charge is 0.178 e. The molecule has 5 aromatic rings. The lowest BCUT2D eigenvalue weighted by Gasteiger charge is -2.04. The molecular weight excluding hydrogens is 478 g/mol. The highest BCUT2D eigenvalue weighted by molar-refractivity contribution is 9.10. The molecule has 0 unspecified atom stereocenters. The average Bonchev–Trinajstić information content (AvgIpc) is 3.27. The fraction of sp³-hybridized carbons (Fsp3) is 0. The molecule has 32 heavy (non-hydrogen) atoms. The highest BCUT2D eigenvalue weighted by Gasteiger charge is 2.05. The molecule has 0 saturated heterocycles. The Bertz CT molecular complexity index is 1460. The second-order valence-corrected chi connectivity index (χ2v) is 9.19. The monoisotopic (exact) mass is 495 g/mol. The molecule has 0 bridgehead atoms. The molecule has 0 aliphatic carbocycles. The molecule has 5 rings (SSSR count). The van der Waals surface area contributed by atoms with Gasteiger partial charge in [-0.3, -0.25) is 4.79 Å². The minimum Gasteiger partial charge on any atom is -0.290 e. The standard InChI is InChI=1S/C28H18BrNOS/c29-27-21(15-14-20-5-1-2-6-24(20)27)16-18-23(31)17-11-19-9-12-22(13-10-19)28-30-25-7-3-4-8-26(25)32-28/h1-18H. The van der Waals surface area contributed by atoms with Crippen molar-refractivity contribution in [2.45, 2.75) is 0 Å².